The van der Waals surface area contributed by atoms with E-state index < -0.39 is 0 Å². The number of hydrogen-bond acceptors (Lipinski definition) is 4. The Balaban J connectivity index is 1.69. The number of phenolic OH excluding ortho intramolecular Hbond substituents is 1. The molecule has 0 aliphatic heterocycles. The summed E-state index contributed by atoms with van der Waals surface area (Å²) >= 11 is 6.65. The summed E-state index contributed by atoms with van der Waals surface area (Å²) in [6.07, 6.45) is 1.94. The minimum absolute atomic E-state index is 0.210. The highest BCUT2D eigenvalue weighted by molar-refractivity contribution is 9.11. The highest BCUT2D eigenvalue weighted by Crippen LogP contribution is 2.33. The minimum atomic E-state index is 0.210. The van der Waals surface area contributed by atoms with Crippen molar-refractivity contribution in [3.8, 4) is 5.75 Å². The normalized spacial score (nSPS) is 11.1. The fraction of sp³-hybridized carbons (Fsp3) is 0.143. The van der Waals surface area contributed by atoms with Crippen LogP contribution in [0.4, 0.5) is 0 Å². The predicted octanol–water partition coefficient (Wildman–Crippen LogP) is 3.25. The molecule has 0 spiro atoms. The standard InChI is InChI=1S/C14H12Br2N4O/c15-10-5-9(6-11(16)14(10)21)7-17-8-13-19-18-12-3-1-2-4-20(12)13/h1-6,17,21H,7-8H2. The van der Waals surface area contributed by atoms with Gasteiger partial charge in [-0.1, -0.05) is 6.07 Å². The Labute approximate surface area is 138 Å². The third-order valence-corrected chi connectivity index (χ3v) is 4.28. The van der Waals surface area contributed by atoms with Crippen molar-refractivity contribution in [1.29, 1.82) is 0 Å². The Morgan fingerprint density at radius 1 is 1.10 bits per heavy atom. The molecule has 0 radical (unpaired) electrons. The number of aromatic nitrogens is 3. The van der Waals surface area contributed by atoms with E-state index in [2.05, 4.69) is 47.4 Å². The summed E-state index contributed by atoms with van der Waals surface area (Å²) < 4.78 is 3.29. The highest BCUT2D eigenvalue weighted by Gasteiger charge is 2.07. The van der Waals surface area contributed by atoms with Gasteiger partial charge in [0, 0.05) is 12.7 Å². The first-order valence-electron chi connectivity index (χ1n) is 6.31. The highest BCUT2D eigenvalue weighted by atomic mass is 79.9. The second-order valence-corrected chi connectivity index (χ2v) is 6.27. The average Bonchev–Trinajstić information content (AvgIpc) is 2.88. The zero-order valence-corrected chi connectivity index (χ0v) is 14.1. The topological polar surface area (TPSA) is 62.5 Å². The van der Waals surface area contributed by atoms with Crippen molar-refractivity contribution in [3.05, 3.63) is 56.9 Å². The number of benzene rings is 1. The van der Waals surface area contributed by atoms with E-state index in [1.165, 1.54) is 0 Å². The zero-order chi connectivity index (χ0) is 14.8. The molecule has 0 unspecified atom stereocenters. The maximum atomic E-state index is 9.69. The van der Waals surface area contributed by atoms with Gasteiger partial charge in [-0.05, 0) is 61.7 Å². The largest absolute Gasteiger partial charge is 0.506 e. The van der Waals surface area contributed by atoms with Crippen LogP contribution in [0.2, 0.25) is 0 Å². The Morgan fingerprint density at radius 2 is 1.86 bits per heavy atom. The molecule has 0 atom stereocenters. The van der Waals surface area contributed by atoms with Gasteiger partial charge in [0.25, 0.3) is 0 Å². The second-order valence-electron chi connectivity index (χ2n) is 4.56. The minimum Gasteiger partial charge on any atom is -0.506 e. The number of aromatic hydroxyl groups is 1. The molecular weight excluding hydrogens is 400 g/mol. The molecule has 3 aromatic rings. The molecule has 1 aromatic carbocycles. The number of phenols is 1. The summed E-state index contributed by atoms with van der Waals surface area (Å²) in [5.41, 5.74) is 1.89. The molecule has 21 heavy (non-hydrogen) atoms. The first-order valence-corrected chi connectivity index (χ1v) is 7.90. The molecular formula is C14H12Br2N4O. The van der Waals surface area contributed by atoms with Crippen molar-refractivity contribution in [2.45, 2.75) is 13.1 Å². The molecule has 7 heteroatoms. The first-order chi connectivity index (χ1) is 10.1. The van der Waals surface area contributed by atoms with Gasteiger partial charge in [-0.3, -0.25) is 4.40 Å². The molecule has 0 saturated heterocycles. The van der Waals surface area contributed by atoms with E-state index in [1.54, 1.807) is 0 Å². The van der Waals surface area contributed by atoms with Crippen LogP contribution in [-0.4, -0.2) is 19.7 Å². The van der Waals surface area contributed by atoms with E-state index >= 15 is 0 Å². The van der Waals surface area contributed by atoms with Gasteiger partial charge < -0.3 is 10.4 Å². The molecule has 0 saturated carbocycles. The number of rotatable bonds is 4. The smallest absolute Gasteiger partial charge is 0.160 e. The van der Waals surface area contributed by atoms with Crippen LogP contribution in [0.25, 0.3) is 5.65 Å². The summed E-state index contributed by atoms with van der Waals surface area (Å²) in [4.78, 5) is 0. The lowest BCUT2D eigenvalue weighted by molar-refractivity contribution is 0.468. The molecule has 5 nitrogen and oxygen atoms in total. The van der Waals surface area contributed by atoms with Gasteiger partial charge in [0.15, 0.2) is 11.5 Å². The van der Waals surface area contributed by atoms with Crippen LogP contribution < -0.4 is 5.32 Å². The van der Waals surface area contributed by atoms with E-state index in [-0.39, 0.29) is 5.75 Å². The van der Waals surface area contributed by atoms with Crippen molar-refractivity contribution >= 4 is 37.5 Å². The molecule has 2 aromatic heterocycles. The SMILES string of the molecule is Oc1c(Br)cc(CNCc2nnc3ccccn23)cc1Br. The van der Waals surface area contributed by atoms with Crippen LogP contribution in [-0.2, 0) is 13.1 Å². The van der Waals surface area contributed by atoms with E-state index in [9.17, 15) is 5.11 Å². The molecule has 2 heterocycles. The number of hydrogen-bond donors (Lipinski definition) is 2. The number of fused-ring (bicyclic) bond motifs is 1. The van der Waals surface area contributed by atoms with Crippen molar-refractivity contribution in [2.24, 2.45) is 0 Å². The van der Waals surface area contributed by atoms with Crippen LogP contribution >= 0.6 is 31.9 Å². The van der Waals surface area contributed by atoms with Gasteiger partial charge in [0.2, 0.25) is 0 Å². The summed E-state index contributed by atoms with van der Waals surface area (Å²) in [6.45, 7) is 1.28. The first kappa shape index (κ1) is 14.5. The van der Waals surface area contributed by atoms with Gasteiger partial charge in [-0.15, -0.1) is 10.2 Å². The van der Waals surface area contributed by atoms with Crippen molar-refractivity contribution in [2.75, 3.05) is 0 Å². The fourth-order valence-electron chi connectivity index (χ4n) is 2.05. The van der Waals surface area contributed by atoms with Gasteiger partial charge in [0.1, 0.15) is 5.75 Å². The Kier molecular flexibility index (Phi) is 4.23. The molecule has 2 N–H and O–H groups in total. The summed E-state index contributed by atoms with van der Waals surface area (Å²) in [5, 5.41) is 21.3. The summed E-state index contributed by atoms with van der Waals surface area (Å²) in [7, 11) is 0. The molecule has 0 aliphatic rings. The van der Waals surface area contributed by atoms with Crippen LogP contribution in [0.5, 0.6) is 5.75 Å². The van der Waals surface area contributed by atoms with Crippen molar-refractivity contribution in [3.63, 3.8) is 0 Å². The van der Waals surface area contributed by atoms with Crippen LogP contribution in [0, 0.1) is 0 Å². The molecule has 0 fully saturated rings. The van der Waals surface area contributed by atoms with Gasteiger partial charge in [-0.2, -0.15) is 0 Å². The van der Waals surface area contributed by atoms with E-state index in [0.717, 1.165) is 17.0 Å². The van der Waals surface area contributed by atoms with Gasteiger partial charge in [0.05, 0.1) is 15.5 Å². The number of halogens is 2. The van der Waals surface area contributed by atoms with Crippen LogP contribution in [0.1, 0.15) is 11.4 Å². The quantitative estimate of drug-likeness (QED) is 0.691. The van der Waals surface area contributed by atoms with Gasteiger partial charge in [-0.25, -0.2) is 0 Å². The summed E-state index contributed by atoms with van der Waals surface area (Å²) in [5.74, 6) is 1.07. The maximum absolute atomic E-state index is 9.69. The van der Waals surface area contributed by atoms with E-state index in [0.29, 0.717) is 22.0 Å². The number of nitrogens with one attached hydrogen (secondary N) is 1. The van der Waals surface area contributed by atoms with Crippen LogP contribution in [0.3, 0.4) is 0 Å². The Hall–Kier alpha value is -1.44. The lowest BCUT2D eigenvalue weighted by Crippen LogP contribution is -2.15. The lowest BCUT2D eigenvalue weighted by atomic mass is 10.2. The zero-order valence-electron chi connectivity index (χ0n) is 10.9. The lowest BCUT2D eigenvalue weighted by Gasteiger charge is -2.07. The molecule has 0 amide bonds. The second kappa shape index (κ2) is 6.13. The number of pyridine rings is 1. The Bertz CT molecular complexity index is 764. The van der Waals surface area contributed by atoms with Crippen molar-refractivity contribution < 1.29 is 5.11 Å². The van der Waals surface area contributed by atoms with E-state index in [4.69, 9.17) is 0 Å². The average molecular weight is 412 g/mol. The molecule has 0 aliphatic carbocycles. The monoisotopic (exact) mass is 410 g/mol. The van der Waals surface area contributed by atoms with Crippen LogP contribution in [0.15, 0.2) is 45.5 Å². The molecule has 108 valence electrons. The molecule has 3 rings (SSSR count). The third kappa shape index (κ3) is 3.09. The number of nitrogens with zero attached hydrogens (tertiary/aromatic N) is 3. The third-order valence-electron chi connectivity index (χ3n) is 3.07. The van der Waals surface area contributed by atoms with E-state index in [1.807, 2.05) is 40.9 Å². The van der Waals surface area contributed by atoms with Crippen molar-refractivity contribution in [1.82, 2.24) is 19.9 Å². The summed E-state index contributed by atoms with van der Waals surface area (Å²) in [6, 6.07) is 9.58. The van der Waals surface area contributed by atoms with Gasteiger partial charge >= 0.3 is 0 Å². The Morgan fingerprint density at radius 3 is 2.62 bits per heavy atom. The predicted molar refractivity (Wildman–Crippen MR) is 87.0 cm³/mol. The molecule has 0 bridgehead atoms. The maximum Gasteiger partial charge on any atom is 0.160 e. The fourth-order valence-corrected chi connectivity index (χ4v) is 3.33.